The molecule has 0 bridgehead atoms. The van der Waals surface area contributed by atoms with Crippen LogP contribution in [0.3, 0.4) is 0 Å². The van der Waals surface area contributed by atoms with Crippen molar-refractivity contribution in [3.05, 3.63) is 53.1 Å². The molecule has 3 rings (SSSR count). The number of sulfonamides is 1. The summed E-state index contributed by atoms with van der Waals surface area (Å²) in [6.45, 7) is 2.46. The van der Waals surface area contributed by atoms with Crippen LogP contribution in [0.25, 0.3) is 0 Å². The van der Waals surface area contributed by atoms with Crippen molar-refractivity contribution in [2.75, 3.05) is 25.0 Å². The monoisotopic (exact) mass is 490 g/mol. The molecule has 2 aromatic carbocycles. The molecule has 6 nitrogen and oxygen atoms in total. The number of hydrogen-bond acceptors (Lipinski definition) is 4. The summed E-state index contributed by atoms with van der Waals surface area (Å²) in [6.07, 6.45) is -3.87. The quantitative estimate of drug-likeness (QED) is 0.631. The smallest absolute Gasteiger partial charge is 0.416 e. The Bertz CT molecular complexity index is 1070. The molecule has 0 unspecified atom stereocenters. The van der Waals surface area contributed by atoms with E-state index in [9.17, 15) is 26.4 Å². The Morgan fingerprint density at radius 3 is 2.31 bits per heavy atom. The Hall–Kier alpha value is -2.30. The third-order valence-corrected chi connectivity index (χ3v) is 7.34. The Balaban J connectivity index is 1.60. The van der Waals surface area contributed by atoms with Gasteiger partial charge < -0.3 is 10.1 Å². The lowest BCUT2D eigenvalue weighted by Crippen LogP contribution is -2.41. The standard InChI is InChI=1S/C21H22ClF3N2O4S/c1-2-31-19-8-7-17(13-18(19)22)32(29,30)27-11-9-14(10-12-27)20(28)26-16-5-3-15(4-6-16)21(23,24)25/h3-8,13-14H,2,9-12H2,1H3,(H,26,28). The fourth-order valence-corrected chi connectivity index (χ4v) is 5.21. The first-order valence-electron chi connectivity index (χ1n) is 9.93. The van der Waals surface area contributed by atoms with E-state index in [2.05, 4.69) is 5.32 Å². The summed E-state index contributed by atoms with van der Waals surface area (Å²) in [6, 6.07) is 8.44. The van der Waals surface area contributed by atoms with Crippen LogP contribution in [-0.2, 0) is 21.0 Å². The molecule has 1 N–H and O–H groups in total. The number of nitrogens with one attached hydrogen (secondary N) is 1. The fourth-order valence-electron chi connectivity index (χ4n) is 3.41. The van der Waals surface area contributed by atoms with Crippen LogP contribution in [0.4, 0.5) is 18.9 Å². The molecule has 1 fully saturated rings. The van der Waals surface area contributed by atoms with Crippen LogP contribution in [0.1, 0.15) is 25.3 Å². The number of nitrogens with zero attached hydrogens (tertiary/aromatic N) is 1. The summed E-state index contributed by atoms with van der Waals surface area (Å²) < 4.78 is 70.4. The van der Waals surface area contributed by atoms with Crippen LogP contribution in [0.2, 0.25) is 5.02 Å². The van der Waals surface area contributed by atoms with Crippen molar-refractivity contribution < 1.29 is 31.1 Å². The summed E-state index contributed by atoms with van der Waals surface area (Å²) in [7, 11) is -3.79. The summed E-state index contributed by atoms with van der Waals surface area (Å²) in [5.41, 5.74) is -0.550. The molecule has 1 saturated heterocycles. The van der Waals surface area contributed by atoms with Gasteiger partial charge in [-0.1, -0.05) is 11.6 Å². The molecule has 174 valence electrons. The van der Waals surface area contributed by atoms with Crippen LogP contribution in [-0.4, -0.2) is 38.3 Å². The molecule has 0 aliphatic carbocycles. The molecular formula is C21H22ClF3N2O4S. The van der Waals surface area contributed by atoms with Crippen molar-refractivity contribution in [3.8, 4) is 5.75 Å². The maximum absolute atomic E-state index is 12.9. The van der Waals surface area contributed by atoms with Crippen LogP contribution >= 0.6 is 11.6 Å². The minimum Gasteiger partial charge on any atom is -0.492 e. The summed E-state index contributed by atoms with van der Waals surface area (Å²) in [5.74, 6) is -0.412. The number of carbonyl (C=O) groups is 1. The molecule has 1 amide bonds. The third kappa shape index (κ3) is 5.54. The maximum Gasteiger partial charge on any atom is 0.416 e. The first-order valence-corrected chi connectivity index (χ1v) is 11.7. The van der Waals surface area contributed by atoms with E-state index in [1.54, 1.807) is 6.92 Å². The van der Waals surface area contributed by atoms with Crippen molar-refractivity contribution in [2.45, 2.75) is 30.8 Å². The van der Waals surface area contributed by atoms with Gasteiger partial charge in [-0.2, -0.15) is 17.5 Å². The maximum atomic E-state index is 12.9. The number of piperidine rings is 1. The van der Waals surface area contributed by atoms with Crippen LogP contribution in [0.5, 0.6) is 5.75 Å². The van der Waals surface area contributed by atoms with E-state index >= 15 is 0 Å². The van der Waals surface area contributed by atoms with E-state index in [1.807, 2.05) is 0 Å². The summed E-state index contributed by atoms with van der Waals surface area (Å²) in [4.78, 5) is 12.5. The van der Waals surface area contributed by atoms with Crippen LogP contribution < -0.4 is 10.1 Å². The van der Waals surface area contributed by atoms with E-state index in [0.29, 0.717) is 12.4 Å². The highest BCUT2D eigenvalue weighted by atomic mass is 35.5. The van der Waals surface area contributed by atoms with Gasteiger partial charge in [0.1, 0.15) is 5.75 Å². The van der Waals surface area contributed by atoms with E-state index in [-0.39, 0.29) is 47.4 Å². The molecule has 0 atom stereocenters. The predicted molar refractivity (Wildman–Crippen MR) is 114 cm³/mol. The molecule has 0 radical (unpaired) electrons. The number of benzene rings is 2. The van der Waals surface area contributed by atoms with Crippen molar-refractivity contribution in [1.82, 2.24) is 4.31 Å². The molecule has 0 saturated carbocycles. The van der Waals surface area contributed by atoms with Gasteiger partial charge in [0.05, 0.1) is 22.1 Å². The van der Waals surface area contributed by atoms with Gasteiger partial charge in [0.15, 0.2) is 0 Å². The topological polar surface area (TPSA) is 75.7 Å². The Labute approximate surface area is 189 Å². The van der Waals surface area contributed by atoms with Gasteiger partial charge >= 0.3 is 6.18 Å². The number of halogens is 4. The second kappa shape index (κ2) is 9.68. The summed E-state index contributed by atoms with van der Waals surface area (Å²) in [5, 5.41) is 2.79. The van der Waals surface area contributed by atoms with Crippen LogP contribution in [0.15, 0.2) is 47.4 Å². The zero-order valence-corrected chi connectivity index (χ0v) is 18.7. The SMILES string of the molecule is CCOc1ccc(S(=O)(=O)N2CCC(C(=O)Nc3ccc(C(F)(F)F)cc3)CC2)cc1Cl. The molecule has 1 heterocycles. The second-order valence-corrected chi connectivity index (χ2v) is 9.61. The van der Waals surface area contributed by atoms with Gasteiger partial charge in [-0.05, 0) is 62.2 Å². The zero-order chi connectivity index (χ0) is 23.5. The van der Waals surface area contributed by atoms with Crippen molar-refractivity contribution in [2.24, 2.45) is 5.92 Å². The van der Waals surface area contributed by atoms with Crippen molar-refractivity contribution >= 4 is 33.2 Å². The number of hydrogen-bond donors (Lipinski definition) is 1. The van der Waals surface area contributed by atoms with Gasteiger partial charge in [-0.3, -0.25) is 4.79 Å². The fraction of sp³-hybridized carbons (Fsp3) is 0.381. The lowest BCUT2D eigenvalue weighted by Gasteiger charge is -2.30. The van der Waals surface area contributed by atoms with Gasteiger partial charge in [-0.15, -0.1) is 0 Å². The average molecular weight is 491 g/mol. The lowest BCUT2D eigenvalue weighted by atomic mass is 9.97. The second-order valence-electron chi connectivity index (χ2n) is 7.27. The minimum absolute atomic E-state index is 0.0404. The highest BCUT2D eigenvalue weighted by Crippen LogP contribution is 2.32. The van der Waals surface area contributed by atoms with Crippen molar-refractivity contribution in [1.29, 1.82) is 0 Å². The molecule has 1 aliphatic rings. The Morgan fingerprint density at radius 2 is 1.78 bits per heavy atom. The van der Waals surface area contributed by atoms with E-state index in [1.165, 1.54) is 34.6 Å². The van der Waals surface area contributed by atoms with Gasteiger partial charge in [0.2, 0.25) is 15.9 Å². The molecule has 32 heavy (non-hydrogen) atoms. The Kier molecular flexibility index (Phi) is 7.36. The largest absolute Gasteiger partial charge is 0.492 e. The number of rotatable bonds is 6. The zero-order valence-electron chi connectivity index (χ0n) is 17.2. The molecule has 2 aromatic rings. The van der Waals surface area contributed by atoms with E-state index < -0.39 is 27.7 Å². The summed E-state index contributed by atoms with van der Waals surface area (Å²) >= 11 is 6.11. The van der Waals surface area contributed by atoms with E-state index in [4.69, 9.17) is 16.3 Å². The first kappa shape index (κ1) is 24.3. The number of amides is 1. The number of alkyl halides is 3. The van der Waals surface area contributed by atoms with Crippen LogP contribution in [0, 0.1) is 5.92 Å². The van der Waals surface area contributed by atoms with Crippen molar-refractivity contribution in [3.63, 3.8) is 0 Å². The first-order chi connectivity index (χ1) is 15.0. The highest BCUT2D eigenvalue weighted by molar-refractivity contribution is 7.89. The Morgan fingerprint density at radius 1 is 1.16 bits per heavy atom. The normalized spacial score (nSPS) is 16.0. The molecule has 0 aromatic heterocycles. The number of anilines is 1. The molecular weight excluding hydrogens is 469 g/mol. The molecule has 0 spiro atoms. The molecule has 11 heteroatoms. The lowest BCUT2D eigenvalue weighted by molar-refractivity contribution is -0.137. The van der Waals surface area contributed by atoms with Gasteiger partial charge in [-0.25, -0.2) is 8.42 Å². The third-order valence-electron chi connectivity index (χ3n) is 5.15. The van der Waals surface area contributed by atoms with Gasteiger partial charge in [0.25, 0.3) is 0 Å². The van der Waals surface area contributed by atoms with E-state index in [0.717, 1.165) is 12.1 Å². The average Bonchev–Trinajstić information content (AvgIpc) is 2.75. The van der Waals surface area contributed by atoms with Gasteiger partial charge in [0, 0.05) is 24.7 Å². The predicted octanol–water partition coefficient (Wildman–Crippen LogP) is 4.80. The minimum atomic E-state index is -4.45. The number of carbonyl (C=O) groups excluding carboxylic acids is 1. The molecule has 1 aliphatic heterocycles. The number of ether oxygens (including phenoxy) is 1. The highest BCUT2D eigenvalue weighted by Gasteiger charge is 2.33.